The van der Waals surface area contributed by atoms with Gasteiger partial charge in [0.05, 0.1) is 20.5 Å². The molecule has 2 aromatic carbocycles. The summed E-state index contributed by atoms with van der Waals surface area (Å²) >= 11 is 0. The van der Waals surface area contributed by atoms with E-state index in [1.807, 2.05) is 60.7 Å². The van der Waals surface area contributed by atoms with E-state index in [0.717, 1.165) is 22.6 Å². The average Bonchev–Trinajstić information content (AvgIpc) is 3.25. The summed E-state index contributed by atoms with van der Waals surface area (Å²) in [6.45, 7) is 0. The molecule has 1 aromatic heterocycles. The number of furan rings is 1. The van der Waals surface area contributed by atoms with E-state index in [1.54, 1.807) is 20.5 Å². The number of hydrogen-bond acceptors (Lipinski definition) is 4. The van der Waals surface area contributed by atoms with Crippen LogP contribution in [0.5, 0.6) is 11.5 Å². The van der Waals surface area contributed by atoms with Crippen LogP contribution in [0.3, 0.4) is 0 Å². The van der Waals surface area contributed by atoms with Crippen LogP contribution in [0.2, 0.25) is 0 Å². The van der Waals surface area contributed by atoms with Gasteiger partial charge >= 0.3 is 0 Å². The van der Waals surface area contributed by atoms with Gasteiger partial charge in [0.2, 0.25) is 5.91 Å². The first-order valence-electron chi connectivity index (χ1n) is 8.80. The Morgan fingerprint density at radius 1 is 1.04 bits per heavy atom. The minimum atomic E-state index is -0.319. The third-order valence-electron chi connectivity index (χ3n) is 4.37. The lowest BCUT2D eigenvalue weighted by atomic mass is 10.0. The number of amides is 1. The zero-order valence-electron chi connectivity index (χ0n) is 15.5. The van der Waals surface area contributed by atoms with E-state index < -0.39 is 0 Å². The van der Waals surface area contributed by atoms with Crippen LogP contribution >= 0.6 is 0 Å². The Hall–Kier alpha value is -3.21. The van der Waals surface area contributed by atoms with Crippen molar-refractivity contribution < 1.29 is 18.7 Å². The Balaban J connectivity index is 1.70. The number of carbonyl (C=O) groups is 1. The summed E-state index contributed by atoms with van der Waals surface area (Å²) in [5.41, 5.74) is 1.90. The quantitative estimate of drug-likeness (QED) is 0.652. The Bertz CT molecular complexity index is 859. The van der Waals surface area contributed by atoms with Crippen LogP contribution in [-0.2, 0) is 11.2 Å². The highest BCUT2D eigenvalue weighted by atomic mass is 16.5. The van der Waals surface area contributed by atoms with Crippen molar-refractivity contribution in [1.82, 2.24) is 5.32 Å². The van der Waals surface area contributed by atoms with Gasteiger partial charge in [0, 0.05) is 6.42 Å². The molecular formula is C22H23NO4. The monoisotopic (exact) mass is 365 g/mol. The van der Waals surface area contributed by atoms with Gasteiger partial charge in [0.15, 0.2) is 0 Å². The molecule has 0 saturated carbocycles. The van der Waals surface area contributed by atoms with Crippen molar-refractivity contribution in [3.05, 3.63) is 83.8 Å². The van der Waals surface area contributed by atoms with E-state index in [-0.39, 0.29) is 11.9 Å². The number of rotatable bonds is 8. The second kappa shape index (κ2) is 8.94. The Morgan fingerprint density at radius 3 is 2.52 bits per heavy atom. The van der Waals surface area contributed by atoms with Crippen LogP contribution in [0.15, 0.2) is 71.3 Å². The summed E-state index contributed by atoms with van der Waals surface area (Å²) in [5.74, 6) is 2.12. The first-order chi connectivity index (χ1) is 13.2. The van der Waals surface area contributed by atoms with E-state index in [2.05, 4.69) is 5.32 Å². The molecule has 3 rings (SSSR count). The van der Waals surface area contributed by atoms with E-state index in [4.69, 9.17) is 13.9 Å². The van der Waals surface area contributed by atoms with Crippen molar-refractivity contribution in [2.24, 2.45) is 0 Å². The zero-order chi connectivity index (χ0) is 19.1. The summed E-state index contributed by atoms with van der Waals surface area (Å²) in [4.78, 5) is 12.6. The van der Waals surface area contributed by atoms with E-state index in [0.29, 0.717) is 18.6 Å². The molecule has 0 aliphatic heterocycles. The highest BCUT2D eigenvalue weighted by Crippen LogP contribution is 2.26. The lowest BCUT2D eigenvalue weighted by molar-refractivity contribution is -0.121. The molecule has 1 unspecified atom stereocenters. The molecule has 0 radical (unpaired) electrons. The van der Waals surface area contributed by atoms with Gasteiger partial charge in [-0.2, -0.15) is 0 Å². The molecule has 1 heterocycles. The van der Waals surface area contributed by atoms with Gasteiger partial charge in [-0.3, -0.25) is 4.79 Å². The molecule has 5 heteroatoms. The molecule has 0 bridgehead atoms. The number of nitrogens with one attached hydrogen (secondary N) is 1. The molecule has 1 atom stereocenters. The number of benzene rings is 2. The number of hydrogen-bond donors (Lipinski definition) is 1. The zero-order valence-corrected chi connectivity index (χ0v) is 15.5. The summed E-state index contributed by atoms with van der Waals surface area (Å²) in [6, 6.07) is 18.7. The maximum absolute atomic E-state index is 12.6. The third kappa shape index (κ3) is 4.70. The topological polar surface area (TPSA) is 60.7 Å². The molecule has 5 nitrogen and oxygen atoms in total. The first kappa shape index (κ1) is 18.6. The Morgan fingerprint density at radius 2 is 1.85 bits per heavy atom. The van der Waals surface area contributed by atoms with Gasteiger partial charge < -0.3 is 19.2 Å². The van der Waals surface area contributed by atoms with Gasteiger partial charge in [-0.1, -0.05) is 30.3 Å². The van der Waals surface area contributed by atoms with Crippen molar-refractivity contribution in [3.8, 4) is 11.5 Å². The number of methoxy groups -OCH3 is 2. The van der Waals surface area contributed by atoms with Crippen LogP contribution in [0, 0.1) is 0 Å². The molecular weight excluding hydrogens is 342 g/mol. The molecule has 0 fully saturated rings. The van der Waals surface area contributed by atoms with Crippen molar-refractivity contribution in [3.63, 3.8) is 0 Å². The summed E-state index contributed by atoms with van der Waals surface area (Å²) in [6.07, 6.45) is 2.48. The smallest absolute Gasteiger partial charge is 0.221 e. The highest BCUT2D eigenvalue weighted by molar-refractivity contribution is 5.77. The van der Waals surface area contributed by atoms with E-state index in [9.17, 15) is 4.79 Å². The van der Waals surface area contributed by atoms with Gasteiger partial charge in [0.1, 0.15) is 23.3 Å². The first-order valence-corrected chi connectivity index (χ1v) is 8.80. The molecule has 0 spiro atoms. The summed E-state index contributed by atoms with van der Waals surface area (Å²) in [5, 5.41) is 3.07. The lowest BCUT2D eigenvalue weighted by Gasteiger charge is -2.17. The maximum Gasteiger partial charge on any atom is 0.221 e. The minimum absolute atomic E-state index is 0.0647. The summed E-state index contributed by atoms with van der Waals surface area (Å²) < 4.78 is 16.2. The standard InChI is InChI=1S/C22H23NO4/c1-25-18-11-12-19(26-2)17(15-18)10-13-21(24)23-22(20-9-6-14-27-20)16-7-4-3-5-8-16/h3-9,11-12,14-15,22H,10,13H2,1-2H3,(H,23,24). The van der Waals surface area contributed by atoms with Gasteiger partial charge in [0.25, 0.3) is 0 Å². The molecule has 0 saturated heterocycles. The Kier molecular flexibility index (Phi) is 6.15. The SMILES string of the molecule is COc1ccc(OC)c(CCC(=O)NC(c2ccccc2)c2ccco2)c1. The van der Waals surface area contributed by atoms with Crippen LogP contribution in [0.25, 0.3) is 0 Å². The van der Waals surface area contributed by atoms with Crippen molar-refractivity contribution in [1.29, 1.82) is 0 Å². The molecule has 3 aromatic rings. The second-order valence-corrected chi connectivity index (χ2v) is 6.10. The van der Waals surface area contributed by atoms with Gasteiger partial charge in [-0.15, -0.1) is 0 Å². The maximum atomic E-state index is 12.6. The normalized spacial score (nSPS) is 11.6. The van der Waals surface area contributed by atoms with Gasteiger partial charge in [-0.25, -0.2) is 0 Å². The van der Waals surface area contributed by atoms with E-state index >= 15 is 0 Å². The fourth-order valence-electron chi connectivity index (χ4n) is 2.98. The molecule has 0 aliphatic carbocycles. The van der Waals surface area contributed by atoms with Crippen molar-refractivity contribution >= 4 is 5.91 Å². The van der Waals surface area contributed by atoms with Crippen LogP contribution < -0.4 is 14.8 Å². The molecule has 27 heavy (non-hydrogen) atoms. The fourth-order valence-corrected chi connectivity index (χ4v) is 2.98. The second-order valence-electron chi connectivity index (χ2n) is 6.10. The van der Waals surface area contributed by atoms with Crippen LogP contribution in [-0.4, -0.2) is 20.1 Å². The van der Waals surface area contributed by atoms with E-state index in [1.165, 1.54) is 0 Å². The molecule has 1 N–H and O–H groups in total. The summed E-state index contributed by atoms with van der Waals surface area (Å²) in [7, 11) is 3.24. The molecule has 1 amide bonds. The van der Waals surface area contributed by atoms with Crippen LogP contribution in [0.1, 0.15) is 29.3 Å². The third-order valence-corrected chi connectivity index (χ3v) is 4.37. The predicted octanol–water partition coefficient (Wildman–Crippen LogP) is 4.14. The largest absolute Gasteiger partial charge is 0.497 e. The lowest BCUT2D eigenvalue weighted by Crippen LogP contribution is -2.29. The number of ether oxygens (including phenoxy) is 2. The Labute approximate surface area is 158 Å². The minimum Gasteiger partial charge on any atom is -0.497 e. The van der Waals surface area contributed by atoms with Crippen molar-refractivity contribution in [2.75, 3.05) is 14.2 Å². The predicted molar refractivity (Wildman–Crippen MR) is 103 cm³/mol. The average molecular weight is 365 g/mol. The number of aryl methyl sites for hydroxylation is 1. The van der Waals surface area contributed by atoms with Crippen LogP contribution in [0.4, 0.5) is 0 Å². The van der Waals surface area contributed by atoms with Crippen molar-refractivity contribution in [2.45, 2.75) is 18.9 Å². The molecule has 0 aliphatic rings. The van der Waals surface area contributed by atoms with Gasteiger partial charge in [-0.05, 0) is 47.9 Å². The fraction of sp³-hybridized carbons (Fsp3) is 0.227. The molecule has 140 valence electrons. The highest BCUT2D eigenvalue weighted by Gasteiger charge is 2.19. The number of carbonyl (C=O) groups excluding carboxylic acids is 1.